The molecule has 1 aliphatic rings. The number of amides is 1. The molecule has 0 saturated carbocycles. The van der Waals surface area contributed by atoms with E-state index in [-0.39, 0.29) is 16.6 Å². The molecule has 38 heavy (non-hydrogen) atoms. The Labute approximate surface area is 225 Å². The van der Waals surface area contributed by atoms with Crippen LogP contribution in [0.15, 0.2) is 63.2 Å². The summed E-state index contributed by atoms with van der Waals surface area (Å²) < 4.78 is 53.6. The molecule has 3 aromatic carbocycles. The first-order valence-electron chi connectivity index (χ1n) is 11.3. The molecule has 0 saturated heterocycles. The fraction of sp³-hybridized carbons (Fsp3) is 0.222. The Kier molecular flexibility index (Phi) is 8.08. The van der Waals surface area contributed by atoms with E-state index >= 15 is 0 Å². The first-order chi connectivity index (χ1) is 18.2. The van der Waals surface area contributed by atoms with Crippen LogP contribution in [-0.2, 0) is 20.4 Å². The van der Waals surface area contributed by atoms with E-state index < -0.39 is 9.84 Å². The van der Waals surface area contributed by atoms with Gasteiger partial charge in [-0.1, -0.05) is 17.8 Å². The van der Waals surface area contributed by atoms with Crippen LogP contribution in [0.25, 0.3) is 6.08 Å². The molecule has 200 valence electrons. The maximum Gasteiger partial charge on any atom is 0.262 e. The van der Waals surface area contributed by atoms with E-state index in [9.17, 15) is 13.2 Å². The van der Waals surface area contributed by atoms with Crippen molar-refractivity contribution in [2.75, 3.05) is 40.9 Å². The lowest BCUT2D eigenvalue weighted by molar-refractivity contribution is -0.112. The number of carbonyl (C=O) groups excluding carboxylic acids is 1. The number of methoxy groups -OCH3 is 5. The van der Waals surface area contributed by atoms with Gasteiger partial charge in [-0.3, -0.25) is 4.79 Å². The standard InChI is InChI=1S/C27H27NO8S2/c1-32-16-11-23(35-4)18(24(12-16)36-5)14-26-27(29)28-20-13-17(9-10-25(20)37-26)38(30,31)15-19-21(33-2)7-6-8-22(19)34-3/h6-14H,15H2,1-5H3,(H,28,29)/b26-14-. The molecule has 0 fully saturated rings. The van der Waals surface area contributed by atoms with Crippen LogP contribution in [0.4, 0.5) is 5.69 Å². The van der Waals surface area contributed by atoms with Crippen molar-refractivity contribution >= 4 is 39.3 Å². The van der Waals surface area contributed by atoms with E-state index in [1.807, 2.05) is 0 Å². The average Bonchev–Trinajstić information content (AvgIpc) is 2.92. The summed E-state index contributed by atoms with van der Waals surface area (Å²) in [4.78, 5) is 14.2. The Morgan fingerprint density at radius 3 is 1.97 bits per heavy atom. The number of hydrogen-bond donors (Lipinski definition) is 1. The number of ether oxygens (including phenoxy) is 5. The van der Waals surface area contributed by atoms with Gasteiger partial charge in [-0.25, -0.2) is 8.42 Å². The highest BCUT2D eigenvalue weighted by molar-refractivity contribution is 8.04. The summed E-state index contributed by atoms with van der Waals surface area (Å²) in [5.74, 6) is 1.60. The van der Waals surface area contributed by atoms with Crippen LogP contribution in [0, 0.1) is 0 Å². The third-order valence-corrected chi connectivity index (χ3v) is 8.63. The van der Waals surface area contributed by atoms with Gasteiger partial charge in [0, 0.05) is 17.0 Å². The zero-order valence-corrected chi connectivity index (χ0v) is 23.1. The fourth-order valence-electron chi connectivity index (χ4n) is 3.98. The number of sulfone groups is 1. The van der Waals surface area contributed by atoms with Gasteiger partial charge in [0.2, 0.25) is 0 Å². The highest BCUT2D eigenvalue weighted by Crippen LogP contribution is 2.43. The molecule has 0 aliphatic carbocycles. The highest BCUT2D eigenvalue weighted by atomic mass is 32.2. The predicted octanol–water partition coefficient (Wildman–Crippen LogP) is 4.79. The molecule has 11 heteroatoms. The van der Waals surface area contributed by atoms with Crippen molar-refractivity contribution in [1.29, 1.82) is 0 Å². The van der Waals surface area contributed by atoms with Crippen LogP contribution in [0.2, 0.25) is 0 Å². The lowest BCUT2D eigenvalue weighted by Crippen LogP contribution is -2.18. The van der Waals surface area contributed by atoms with Crippen molar-refractivity contribution in [3.63, 3.8) is 0 Å². The molecular weight excluding hydrogens is 530 g/mol. The Morgan fingerprint density at radius 2 is 1.42 bits per heavy atom. The van der Waals surface area contributed by atoms with Crippen LogP contribution >= 0.6 is 11.8 Å². The van der Waals surface area contributed by atoms with Crippen molar-refractivity contribution in [2.45, 2.75) is 15.5 Å². The smallest absolute Gasteiger partial charge is 0.262 e. The first kappa shape index (κ1) is 27.2. The molecule has 1 aliphatic heterocycles. The quantitative estimate of drug-likeness (QED) is 0.372. The Morgan fingerprint density at radius 1 is 0.816 bits per heavy atom. The lowest BCUT2D eigenvalue weighted by Gasteiger charge is -2.20. The largest absolute Gasteiger partial charge is 0.496 e. The average molecular weight is 558 g/mol. The Balaban J connectivity index is 1.67. The molecule has 1 amide bonds. The SMILES string of the molecule is COc1cc(OC)c(/C=C2\Sc3ccc(S(=O)(=O)Cc4c(OC)cccc4OC)cc3NC2=O)c(OC)c1. The summed E-state index contributed by atoms with van der Waals surface area (Å²) in [7, 11) is 3.71. The number of fused-ring (bicyclic) bond motifs is 1. The molecule has 0 spiro atoms. The van der Waals surface area contributed by atoms with Crippen molar-refractivity contribution in [2.24, 2.45) is 0 Å². The maximum atomic E-state index is 13.3. The van der Waals surface area contributed by atoms with Gasteiger partial charge in [-0.2, -0.15) is 0 Å². The molecule has 0 atom stereocenters. The Bertz CT molecular complexity index is 1470. The molecule has 0 aromatic heterocycles. The van der Waals surface area contributed by atoms with E-state index in [1.54, 1.807) is 42.5 Å². The zero-order valence-electron chi connectivity index (χ0n) is 21.5. The van der Waals surface area contributed by atoms with Gasteiger partial charge < -0.3 is 29.0 Å². The van der Waals surface area contributed by atoms with E-state index in [4.69, 9.17) is 23.7 Å². The molecule has 4 rings (SSSR count). The molecule has 1 heterocycles. The van der Waals surface area contributed by atoms with Gasteiger partial charge in [0.25, 0.3) is 5.91 Å². The number of benzene rings is 3. The molecule has 3 aromatic rings. The van der Waals surface area contributed by atoms with Crippen LogP contribution in [-0.4, -0.2) is 49.9 Å². The molecule has 0 radical (unpaired) electrons. The number of nitrogens with one attached hydrogen (secondary N) is 1. The summed E-state index contributed by atoms with van der Waals surface area (Å²) >= 11 is 1.22. The van der Waals surface area contributed by atoms with Crippen LogP contribution < -0.4 is 29.0 Å². The van der Waals surface area contributed by atoms with Crippen molar-refractivity contribution in [1.82, 2.24) is 0 Å². The van der Waals surface area contributed by atoms with Gasteiger partial charge in [0.1, 0.15) is 28.7 Å². The van der Waals surface area contributed by atoms with E-state index in [0.717, 1.165) is 0 Å². The van der Waals surface area contributed by atoms with Gasteiger partial charge in [0.15, 0.2) is 9.84 Å². The first-order valence-corrected chi connectivity index (χ1v) is 13.8. The molecular formula is C27H27NO8S2. The minimum absolute atomic E-state index is 0.0658. The number of hydrogen-bond acceptors (Lipinski definition) is 9. The molecule has 1 N–H and O–H groups in total. The van der Waals surface area contributed by atoms with E-state index in [1.165, 1.54) is 59.4 Å². The minimum Gasteiger partial charge on any atom is -0.496 e. The molecule has 0 bridgehead atoms. The molecule has 9 nitrogen and oxygen atoms in total. The second-order valence-electron chi connectivity index (χ2n) is 8.07. The summed E-state index contributed by atoms with van der Waals surface area (Å²) in [6, 6.07) is 13.1. The number of anilines is 1. The minimum atomic E-state index is -3.80. The third kappa shape index (κ3) is 5.39. The third-order valence-electron chi connectivity index (χ3n) is 5.89. The maximum absolute atomic E-state index is 13.3. The van der Waals surface area contributed by atoms with E-state index in [0.29, 0.717) is 55.4 Å². The normalized spacial score (nSPS) is 13.9. The van der Waals surface area contributed by atoms with Crippen molar-refractivity contribution < 1.29 is 36.9 Å². The lowest BCUT2D eigenvalue weighted by atomic mass is 10.1. The van der Waals surface area contributed by atoms with E-state index in [2.05, 4.69) is 5.32 Å². The van der Waals surface area contributed by atoms with Gasteiger partial charge >= 0.3 is 0 Å². The predicted molar refractivity (Wildman–Crippen MR) is 145 cm³/mol. The Hall–Kier alpha value is -3.83. The summed E-state index contributed by atoms with van der Waals surface area (Å²) in [5, 5.41) is 2.80. The second kappa shape index (κ2) is 11.3. The zero-order chi connectivity index (χ0) is 27.4. The number of rotatable bonds is 9. The fourth-order valence-corrected chi connectivity index (χ4v) is 6.30. The van der Waals surface area contributed by atoms with Crippen LogP contribution in [0.3, 0.4) is 0 Å². The monoisotopic (exact) mass is 557 g/mol. The van der Waals surface area contributed by atoms with Gasteiger partial charge in [0.05, 0.1) is 67.9 Å². The van der Waals surface area contributed by atoms with Gasteiger partial charge in [-0.15, -0.1) is 0 Å². The summed E-state index contributed by atoms with van der Waals surface area (Å²) in [6.45, 7) is 0. The van der Waals surface area contributed by atoms with Crippen LogP contribution in [0.1, 0.15) is 11.1 Å². The van der Waals surface area contributed by atoms with Crippen molar-refractivity contribution in [3.05, 3.63) is 64.6 Å². The van der Waals surface area contributed by atoms with Crippen LogP contribution in [0.5, 0.6) is 28.7 Å². The molecule has 0 unspecified atom stereocenters. The second-order valence-corrected chi connectivity index (χ2v) is 11.1. The number of carbonyl (C=O) groups is 1. The van der Waals surface area contributed by atoms with Crippen molar-refractivity contribution in [3.8, 4) is 28.7 Å². The summed E-state index contributed by atoms with van der Waals surface area (Å²) in [6.07, 6.45) is 1.67. The highest BCUT2D eigenvalue weighted by Gasteiger charge is 2.27. The van der Waals surface area contributed by atoms with Gasteiger partial charge in [-0.05, 0) is 36.4 Å². The topological polar surface area (TPSA) is 109 Å². The summed E-state index contributed by atoms with van der Waals surface area (Å²) in [5.41, 5.74) is 1.39. The number of thioether (sulfide) groups is 1.